The molecule has 0 unspecified atom stereocenters. The lowest BCUT2D eigenvalue weighted by Gasteiger charge is -2.15. The molecule has 2 rings (SSSR count). The van der Waals surface area contributed by atoms with Gasteiger partial charge in [0.05, 0.1) is 49.2 Å². The number of rotatable bonds is 7. The smallest absolute Gasteiger partial charge is 0.340 e. The van der Waals surface area contributed by atoms with Gasteiger partial charge < -0.3 is 24.8 Å². The van der Waals surface area contributed by atoms with Crippen LogP contribution in [0.2, 0.25) is 10.0 Å². The number of esters is 1. The normalized spacial score (nSPS) is 10.1. The molecule has 2 N–H and O–H groups in total. The van der Waals surface area contributed by atoms with Crippen molar-refractivity contribution in [2.45, 2.75) is 0 Å². The zero-order valence-electron chi connectivity index (χ0n) is 14.9. The lowest BCUT2D eigenvalue weighted by molar-refractivity contribution is -0.114. The van der Waals surface area contributed by atoms with Gasteiger partial charge in [-0.2, -0.15) is 0 Å². The molecule has 27 heavy (non-hydrogen) atoms. The topological polar surface area (TPSA) is 85.9 Å². The zero-order valence-corrected chi connectivity index (χ0v) is 16.4. The van der Waals surface area contributed by atoms with E-state index in [1.54, 1.807) is 18.2 Å². The Hall–Kier alpha value is -2.64. The summed E-state index contributed by atoms with van der Waals surface area (Å²) in [4.78, 5) is 24.2. The number of benzene rings is 2. The largest absolute Gasteiger partial charge is 0.493 e. The van der Waals surface area contributed by atoms with Crippen LogP contribution < -0.4 is 20.1 Å². The molecule has 2 aromatic carbocycles. The molecule has 0 radical (unpaired) electrons. The quantitative estimate of drug-likeness (QED) is 0.671. The van der Waals surface area contributed by atoms with Crippen LogP contribution in [-0.4, -0.2) is 39.8 Å². The molecule has 7 nitrogen and oxygen atoms in total. The second kappa shape index (κ2) is 9.34. The van der Waals surface area contributed by atoms with Gasteiger partial charge in [0.15, 0.2) is 11.5 Å². The summed E-state index contributed by atoms with van der Waals surface area (Å²) in [5.41, 5.74) is 1.07. The summed E-state index contributed by atoms with van der Waals surface area (Å²) in [5.74, 6) is -0.163. The fourth-order valence-electron chi connectivity index (χ4n) is 2.26. The number of halogens is 2. The Morgan fingerprint density at radius 1 is 0.963 bits per heavy atom. The van der Waals surface area contributed by atoms with E-state index >= 15 is 0 Å². The van der Waals surface area contributed by atoms with Crippen molar-refractivity contribution >= 4 is 46.5 Å². The summed E-state index contributed by atoms with van der Waals surface area (Å²) < 4.78 is 15.2. The maximum atomic E-state index is 12.2. The van der Waals surface area contributed by atoms with Gasteiger partial charge in [0.1, 0.15) is 0 Å². The van der Waals surface area contributed by atoms with E-state index in [4.69, 9.17) is 37.4 Å². The van der Waals surface area contributed by atoms with Crippen LogP contribution in [0.1, 0.15) is 10.4 Å². The van der Waals surface area contributed by atoms with Gasteiger partial charge in [-0.15, -0.1) is 0 Å². The average Bonchev–Trinajstić information content (AvgIpc) is 2.67. The lowest BCUT2D eigenvalue weighted by atomic mass is 10.1. The van der Waals surface area contributed by atoms with Crippen LogP contribution >= 0.6 is 23.2 Å². The third-order valence-electron chi connectivity index (χ3n) is 3.57. The lowest BCUT2D eigenvalue weighted by Crippen LogP contribution is -2.22. The Bertz CT molecular complexity index is 858. The van der Waals surface area contributed by atoms with E-state index in [-0.39, 0.29) is 18.0 Å². The molecule has 0 saturated carbocycles. The molecule has 0 saturated heterocycles. The molecule has 0 heterocycles. The highest BCUT2D eigenvalue weighted by molar-refractivity contribution is 6.42. The predicted octanol–water partition coefficient (Wildman–Crippen LogP) is 3.85. The first kappa shape index (κ1) is 20.7. The Balaban J connectivity index is 2.16. The van der Waals surface area contributed by atoms with Crippen LogP contribution in [0, 0.1) is 0 Å². The first-order valence-electron chi connectivity index (χ1n) is 7.72. The average molecular weight is 413 g/mol. The zero-order chi connectivity index (χ0) is 20.0. The Kier molecular flexibility index (Phi) is 7.15. The van der Waals surface area contributed by atoms with Crippen LogP contribution in [0.4, 0.5) is 11.4 Å². The molecule has 0 spiro atoms. The van der Waals surface area contributed by atoms with Crippen LogP contribution in [0.15, 0.2) is 30.3 Å². The molecule has 0 atom stereocenters. The highest BCUT2D eigenvalue weighted by Crippen LogP contribution is 2.33. The summed E-state index contributed by atoms with van der Waals surface area (Å²) in [6, 6.07) is 7.78. The Labute approximate surface area is 166 Å². The molecule has 0 aliphatic heterocycles. The van der Waals surface area contributed by atoms with E-state index in [0.717, 1.165) is 0 Å². The van der Waals surface area contributed by atoms with Gasteiger partial charge >= 0.3 is 5.97 Å². The molecule has 0 aromatic heterocycles. The Morgan fingerprint density at radius 3 is 2.22 bits per heavy atom. The predicted molar refractivity (Wildman–Crippen MR) is 104 cm³/mol. The summed E-state index contributed by atoms with van der Waals surface area (Å²) in [5, 5.41) is 6.29. The first-order valence-corrected chi connectivity index (χ1v) is 8.48. The number of carbonyl (C=O) groups excluding carboxylic acids is 2. The van der Waals surface area contributed by atoms with E-state index in [9.17, 15) is 9.59 Å². The van der Waals surface area contributed by atoms with Gasteiger partial charge in [0.25, 0.3) is 0 Å². The van der Waals surface area contributed by atoms with Gasteiger partial charge in [0.2, 0.25) is 5.91 Å². The molecule has 0 bridgehead atoms. The SMILES string of the molecule is COC(=O)c1cc(OC)c(OC)cc1NCC(=O)Nc1ccc(Cl)c(Cl)c1. The van der Waals surface area contributed by atoms with Crippen molar-refractivity contribution in [1.29, 1.82) is 0 Å². The molecule has 0 aliphatic rings. The van der Waals surface area contributed by atoms with Crippen LogP contribution in [0.3, 0.4) is 0 Å². The van der Waals surface area contributed by atoms with Crippen molar-refractivity contribution in [1.82, 2.24) is 0 Å². The fourth-order valence-corrected chi connectivity index (χ4v) is 2.56. The number of anilines is 2. The van der Waals surface area contributed by atoms with Gasteiger partial charge in [-0.05, 0) is 18.2 Å². The maximum Gasteiger partial charge on any atom is 0.340 e. The summed E-state index contributed by atoms with van der Waals surface area (Å²) in [6.07, 6.45) is 0. The van der Waals surface area contributed by atoms with Crippen LogP contribution in [0.25, 0.3) is 0 Å². The van der Waals surface area contributed by atoms with Gasteiger partial charge in [-0.3, -0.25) is 4.79 Å². The summed E-state index contributed by atoms with van der Waals surface area (Å²) >= 11 is 11.8. The van der Waals surface area contributed by atoms with Gasteiger partial charge in [-0.1, -0.05) is 23.2 Å². The fraction of sp³-hybridized carbons (Fsp3) is 0.222. The molecule has 2 aromatic rings. The molecule has 144 valence electrons. The number of amides is 1. The number of hydrogen-bond donors (Lipinski definition) is 2. The van der Waals surface area contributed by atoms with Crippen molar-refractivity contribution < 1.29 is 23.8 Å². The van der Waals surface area contributed by atoms with Gasteiger partial charge in [0, 0.05) is 17.8 Å². The summed E-state index contributed by atoms with van der Waals surface area (Å²) in [7, 11) is 4.19. The van der Waals surface area contributed by atoms with Gasteiger partial charge in [-0.25, -0.2) is 4.79 Å². The number of carbonyl (C=O) groups is 2. The van der Waals surface area contributed by atoms with Crippen molar-refractivity contribution in [2.75, 3.05) is 38.5 Å². The highest BCUT2D eigenvalue weighted by Gasteiger charge is 2.18. The molecular weight excluding hydrogens is 395 g/mol. The number of methoxy groups -OCH3 is 3. The molecule has 0 aliphatic carbocycles. The number of hydrogen-bond acceptors (Lipinski definition) is 6. The molecular formula is C18H18Cl2N2O5. The second-order valence-electron chi connectivity index (χ2n) is 5.27. The minimum atomic E-state index is -0.580. The Morgan fingerprint density at radius 2 is 1.63 bits per heavy atom. The van der Waals surface area contributed by atoms with Crippen LogP contribution in [0.5, 0.6) is 11.5 Å². The summed E-state index contributed by atoms with van der Waals surface area (Å²) in [6.45, 7) is -0.111. The van der Waals surface area contributed by atoms with Crippen molar-refractivity contribution in [2.24, 2.45) is 0 Å². The third kappa shape index (κ3) is 5.18. The van der Waals surface area contributed by atoms with Crippen molar-refractivity contribution in [3.8, 4) is 11.5 Å². The van der Waals surface area contributed by atoms with E-state index in [0.29, 0.717) is 32.9 Å². The van der Waals surface area contributed by atoms with Crippen molar-refractivity contribution in [3.05, 3.63) is 45.9 Å². The number of nitrogens with one attached hydrogen (secondary N) is 2. The van der Waals surface area contributed by atoms with E-state index < -0.39 is 5.97 Å². The van der Waals surface area contributed by atoms with E-state index in [1.165, 1.54) is 33.5 Å². The molecule has 1 amide bonds. The van der Waals surface area contributed by atoms with Crippen molar-refractivity contribution in [3.63, 3.8) is 0 Å². The highest BCUT2D eigenvalue weighted by atomic mass is 35.5. The minimum absolute atomic E-state index is 0.111. The molecule has 0 fully saturated rings. The third-order valence-corrected chi connectivity index (χ3v) is 4.31. The number of ether oxygens (including phenoxy) is 3. The van der Waals surface area contributed by atoms with E-state index in [2.05, 4.69) is 10.6 Å². The van der Waals surface area contributed by atoms with E-state index in [1.807, 2.05) is 0 Å². The second-order valence-corrected chi connectivity index (χ2v) is 6.09. The van der Waals surface area contributed by atoms with Crippen LogP contribution in [-0.2, 0) is 9.53 Å². The molecule has 9 heteroatoms. The monoisotopic (exact) mass is 412 g/mol. The standard InChI is InChI=1S/C18H18Cl2N2O5/c1-25-15-7-11(18(24)27-3)14(8-16(15)26-2)21-9-17(23)22-10-4-5-12(19)13(20)6-10/h4-8,21H,9H2,1-3H3,(H,22,23). The minimum Gasteiger partial charge on any atom is -0.493 e. The maximum absolute atomic E-state index is 12.2. The first-order chi connectivity index (χ1) is 12.9.